The van der Waals surface area contributed by atoms with Crippen LogP contribution >= 0.6 is 0 Å². The third kappa shape index (κ3) is 3.97. The van der Waals surface area contributed by atoms with Crippen LogP contribution in [0.15, 0.2) is 48.5 Å². The minimum Gasteiger partial charge on any atom is -0.410 e. The average Bonchev–Trinajstić information content (AvgIpc) is 2.67. The maximum atomic E-state index is 14.3. The van der Waals surface area contributed by atoms with Crippen molar-refractivity contribution in [2.24, 2.45) is 0 Å². The second kappa shape index (κ2) is 8.11. The molecule has 0 radical (unpaired) electrons. The van der Waals surface area contributed by atoms with Gasteiger partial charge in [0.15, 0.2) is 6.35 Å². The molecule has 2 aromatic rings. The first-order chi connectivity index (χ1) is 13.4. The van der Waals surface area contributed by atoms with Crippen molar-refractivity contribution in [3.8, 4) is 5.75 Å². The number of halogens is 2. The van der Waals surface area contributed by atoms with E-state index in [2.05, 4.69) is 5.32 Å². The Hall–Kier alpha value is -3.37. The third-order valence-electron chi connectivity index (χ3n) is 3.96. The fourth-order valence-electron chi connectivity index (χ4n) is 2.68. The standard InChI is InChI=1S/C18H15F2N3O5/c1-27-17-21-9-8-16(14-7-2-11(19)10-15(14)20)22(17)18(24)28-13-5-3-12(4-6-13)23(25)26/h2-8,10,17,21H,9H2,1H3. The molecule has 3 rings (SSSR count). The number of ether oxygens (including phenoxy) is 2. The lowest BCUT2D eigenvalue weighted by molar-refractivity contribution is -0.384. The molecule has 1 heterocycles. The largest absolute Gasteiger partial charge is 0.422 e. The Morgan fingerprint density at radius 3 is 2.57 bits per heavy atom. The zero-order valence-corrected chi connectivity index (χ0v) is 14.6. The number of amides is 1. The lowest BCUT2D eigenvalue weighted by atomic mass is 10.1. The summed E-state index contributed by atoms with van der Waals surface area (Å²) in [5.74, 6) is -1.55. The number of nitro benzene ring substituents is 1. The monoisotopic (exact) mass is 391 g/mol. The van der Waals surface area contributed by atoms with Gasteiger partial charge < -0.3 is 9.47 Å². The SMILES string of the molecule is COC1NCC=C(c2ccc(F)cc2F)N1C(=O)Oc1ccc([N+](=O)[O-])cc1. The number of nitrogens with zero attached hydrogens (tertiary/aromatic N) is 2. The van der Waals surface area contributed by atoms with Crippen LogP contribution in [0.1, 0.15) is 5.56 Å². The van der Waals surface area contributed by atoms with Gasteiger partial charge in [0.2, 0.25) is 0 Å². The van der Waals surface area contributed by atoms with Crippen molar-refractivity contribution in [1.82, 2.24) is 10.2 Å². The fraction of sp³-hybridized carbons (Fsp3) is 0.167. The molecule has 0 aliphatic carbocycles. The number of carbonyl (C=O) groups excluding carboxylic acids is 1. The molecule has 28 heavy (non-hydrogen) atoms. The highest BCUT2D eigenvalue weighted by Crippen LogP contribution is 2.28. The zero-order valence-electron chi connectivity index (χ0n) is 14.6. The summed E-state index contributed by atoms with van der Waals surface area (Å²) in [6.45, 7) is 0.270. The molecule has 10 heteroatoms. The van der Waals surface area contributed by atoms with Crippen LogP contribution in [0.3, 0.4) is 0 Å². The van der Waals surface area contributed by atoms with Crippen LogP contribution in [0.25, 0.3) is 5.70 Å². The highest BCUT2D eigenvalue weighted by atomic mass is 19.1. The lowest BCUT2D eigenvalue weighted by Gasteiger charge is -2.35. The second-order valence-electron chi connectivity index (χ2n) is 5.70. The number of hydrogen-bond acceptors (Lipinski definition) is 6. The number of nitrogens with one attached hydrogen (secondary N) is 1. The highest BCUT2D eigenvalue weighted by Gasteiger charge is 2.33. The van der Waals surface area contributed by atoms with Crippen molar-refractivity contribution in [3.05, 3.63) is 75.9 Å². The van der Waals surface area contributed by atoms with Gasteiger partial charge in [-0.05, 0) is 30.3 Å². The molecular formula is C18H15F2N3O5. The summed E-state index contributed by atoms with van der Waals surface area (Å²) in [6, 6.07) is 7.88. The van der Waals surface area contributed by atoms with Crippen molar-refractivity contribution < 1.29 is 28.0 Å². The Morgan fingerprint density at radius 2 is 1.96 bits per heavy atom. The van der Waals surface area contributed by atoms with E-state index in [0.717, 1.165) is 11.0 Å². The van der Waals surface area contributed by atoms with Crippen molar-refractivity contribution in [3.63, 3.8) is 0 Å². The summed E-state index contributed by atoms with van der Waals surface area (Å²) in [7, 11) is 1.34. The molecule has 0 aromatic heterocycles. The quantitative estimate of drug-likeness (QED) is 0.635. The first kappa shape index (κ1) is 19.4. The lowest BCUT2D eigenvalue weighted by Crippen LogP contribution is -2.52. The normalized spacial score (nSPS) is 16.5. The molecule has 0 spiro atoms. The topological polar surface area (TPSA) is 93.9 Å². The van der Waals surface area contributed by atoms with Crippen molar-refractivity contribution in [2.45, 2.75) is 6.35 Å². The Kier molecular flexibility index (Phi) is 5.62. The van der Waals surface area contributed by atoms with Gasteiger partial charge in [-0.1, -0.05) is 0 Å². The van der Waals surface area contributed by atoms with Crippen molar-refractivity contribution >= 4 is 17.5 Å². The first-order valence-corrected chi connectivity index (χ1v) is 8.08. The molecule has 0 bridgehead atoms. The van der Waals surface area contributed by atoms with Gasteiger partial charge in [0.05, 0.1) is 10.6 Å². The zero-order chi connectivity index (χ0) is 20.3. The fourth-order valence-corrected chi connectivity index (χ4v) is 2.68. The smallest absolute Gasteiger partial charge is 0.410 e. The van der Waals surface area contributed by atoms with E-state index in [1.54, 1.807) is 0 Å². The Labute approximate surface area is 158 Å². The van der Waals surface area contributed by atoms with Gasteiger partial charge in [-0.2, -0.15) is 0 Å². The molecule has 1 unspecified atom stereocenters. The van der Waals surface area contributed by atoms with Crippen LogP contribution < -0.4 is 10.1 Å². The predicted molar refractivity (Wildman–Crippen MR) is 94.1 cm³/mol. The van der Waals surface area contributed by atoms with Crippen molar-refractivity contribution in [2.75, 3.05) is 13.7 Å². The maximum Gasteiger partial charge on any atom is 0.422 e. The second-order valence-corrected chi connectivity index (χ2v) is 5.70. The van der Waals surface area contributed by atoms with Crippen LogP contribution in [0.5, 0.6) is 5.75 Å². The number of benzene rings is 2. The van der Waals surface area contributed by atoms with E-state index >= 15 is 0 Å². The summed E-state index contributed by atoms with van der Waals surface area (Å²) < 4.78 is 38.0. The van der Waals surface area contributed by atoms with Crippen LogP contribution in [-0.2, 0) is 4.74 Å². The molecule has 8 nitrogen and oxygen atoms in total. The van der Waals surface area contributed by atoms with Crippen LogP contribution in [0.2, 0.25) is 0 Å². The van der Waals surface area contributed by atoms with E-state index in [1.807, 2.05) is 0 Å². The molecule has 2 aromatic carbocycles. The van der Waals surface area contributed by atoms with Gasteiger partial charge in [-0.15, -0.1) is 0 Å². The van der Waals surface area contributed by atoms with Crippen LogP contribution in [0.4, 0.5) is 19.3 Å². The van der Waals surface area contributed by atoms with Gasteiger partial charge in [0, 0.05) is 37.4 Å². The third-order valence-corrected chi connectivity index (χ3v) is 3.96. The summed E-state index contributed by atoms with van der Waals surface area (Å²) in [5.41, 5.74) is -0.0382. The number of rotatable bonds is 4. The summed E-state index contributed by atoms with van der Waals surface area (Å²) >= 11 is 0. The molecule has 0 fully saturated rings. The molecule has 1 aliphatic heterocycles. The van der Waals surface area contributed by atoms with Crippen LogP contribution in [-0.4, -0.2) is 35.9 Å². The molecular weight excluding hydrogens is 376 g/mol. The Morgan fingerprint density at radius 1 is 1.25 bits per heavy atom. The summed E-state index contributed by atoms with van der Waals surface area (Å²) in [4.78, 5) is 23.9. The van der Waals surface area contributed by atoms with Gasteiger partial charge in [-0.3, -0.25) is 15.4 Å². The van der Waals surface area contributed by atoms with E-state index < -0.39 is 29.0 Å². The number of carbonyl (C=O) groups is 1. The van der Waals surface area contributed by atoms with E-state index in [4.69, 9.17) is 9.47 Å². The summed E-state index contributed by atoms with van der Waals surface area (Å²) in [6.07, 6.45) is -0.346. The minimum absolute atomic E-state index is 0.00870. The molecule has 1 N–H and O–H groups in total. The van der Waals surface area contributed by atoms with E-state index in [1.165, 1.54) is 43.5 Å². The minimum atomic E-state index is -0.963. The highest BCUT2D eigenvalue weighted by molar-refractivity contribution is 5.84. The number of non-ortho nitro benzene ring substituents is 1. The van der Waals surface area contributed by atoms with Gasteiger partial charge >= 0.3 is 6.09 Å². The summed E-state index contributed by atoms with van der Waals surface area (Å²) in [5, 5.41) is 13.6. The molecule has 146 valence electrons. The number of nitro groups is 1. The Balaban J connectivity index is 1.90. The van der Waals surface area contributed by atoms with Gasteiger partial charge in [0.1, 0.15) is 17.4 Å². The molecule has 0 saturated carbocycles. The van der Waals surface area contributed by atoms with Gasteiger partial charge in [0.25, 0.3) is 5.69 Å². The maximum absolute atomic E-state index is 14.3. The van der Waals surface area contributed by atoms with E-state index in [9.17, 15) is 23.7 Å². The predicted octanol–water partition coefficient (Wildman–Crippen LogP) is 3.25. The average molecular weight is 391 g/mol. The Bertz CT molecular complexity index is 933. The molecule has 1 aliphatic rings. The van der Waals surface area contributed by atoms with Crippen LogP contribution in [0, 0.1) is 21.7 Å². The number of methoxy groups -OCH3 is 1. The first-order valence-electron chi connectivity index (χ1n) is 8.08. The molecule has 0 saturated heterocycles. The van der Waals surface area contributed by atoms with E-state index in [0.29, 0.717) is 6.07 Å². The van der Waals surface area contributed by atoms with Crippen molar-refractivity contribution in [1.29, 1.82) is 0 Å². The number of hydrogen-bond donors (Lipinski definition) is 1. The molecule has 1 amide bonds. The van der Waals surface area contributed by atoms with Gasteiger partial charge in [-0.25, -0.2) is 18.5 Å². The van der Waals surface area contributed by atoms with E-state index in [-0.39, 0.29) is 29.2 Å². The molecule has 1 atom stereocenters.